The zero-order chi connectivity index (χ0) is 13.9. The molecule has 0 radical (unpaired) electrons. The molecular formula is C14H11Cl2F2N. The van der Waals surface area contributed by atoms with Crippen LogP contribution in [-0.4, -0.2) is 6.54 Å². The Morgan fingerprint density at radius 3 is 2.26 bits per heavy atom. The van der Waals surface area contributed by atoms with E-state index in [0.717, 1.165) is 0 Å². The fraction of sp³-hybridized carbons (Fsp3) is 0.143. The average molecular weight is 302 g/mol. The second-order valence-electron chi connectivity index (χ2n) is 4.05. The van der Waals surface area contributed by atoms with Gasteiger partial charge in [-0.25, -0.2) is 0 Å². The number of halogens is 4. The minimum atomic E-state index is -2.95. The highest BCUT2D eigenvalue weighted by Crippen LogP contribution is 2.29. The Balaban J connectivity index is 2.07. The molecule has 0 bridgehead atoms. The number of nitrogens with one attached hydrogen (secondary N) is 1. The molecule has 2 aromatic carbocycles. The molecule has 1 N–H and O–H groups in total. The largest absolute Gasteiger partial charge is 0.379 e. The fourth-order valence-corrected chi connectivity index (χ4v) is 1.90. The molecule has 0 fully saturated rings. The third kappa shape index (κ3) is 3.58. The van der Waals surface area contributed by atoms with E-state index in [-0.39, 0.29) is 5.56 Å². The maximum absolute atomic E-state index is 13.9. The number of hydrogen-bond donors (Lipinski definition) is 1. The average Bonchev–Trinajstić information content (AvgIpc) is 2.41. The van der Waals surface area contributed by atoms with Crippen LogP contribution in [0.2, 0.25) is 10.0 Å². The summed E-state index contributed by atoms with van der Waals surface area (Å²) in [5.74, 6) is -2.95. The summed E-state index contributed by atoms with van der Waals surface area (Å²) in [6.07, 6.45) is 0. The van der Waals surface area contributed by atoms with E-state index < -0.39 is 12.5 Å². The molecule has 0 aliphatic rings. The molecule has 0 aliphatic heterocycles. The van der Waals surface area contributed by atoms with Crippen molar-refractivity contribution in [2.75, 3.05) is 11.9 Å². The molecule has 0 atom stereocenters. The van der Waals surface area contributed by atoms with Gasteiger partial charge < -0.3 is 5.32 Å². The van der Waals surface area contributed by atoms with E-state index in [1.54, 1.807) is 30.3 Å². The summed E-state index contributed by atoms with van der Waals surface area (Å²) in [7, 11) is 0. The normalized spacial score (nSPS) is 11.4. The van der Waals surface area contributed by atoms with Gasteiger partial charge in [0.1, 0.15) is 0 Å². The Kier molecular flexibility index (Phi) is 4.27. The van der Waals surface area contributed by atoms with Crippen molar-refractivity contribution in [3.05, 3.63) is 64.1 Å². The third-order valence-electron chi connectivity index (χ3n) is 2.63. The molecule has 0 amide bonds. The maximum atomic E-state index is 13.9. The molecule has 100 valence electrons. The van der Waals surface area contributed by atoms with E-state index in [1.807, 2.05) is 0 Å². The Morgan fingerprint density at radius 1 is 0.947 bits per heavy atom. The number of rotatable bonds is 4. The van der Waals surface area contributed by atoms with Crippen LogP contribution in [0, 0.1) is 0 Å². The van der Waals surface area contributed by atoms with Gasteiger partial charge in [-0.1, -0.05) is 53.5 Å². The van der Waals surface area contributed by atoms with Crippen molar-refractivity contribution in [1.29, 1.82) is 0 Å². The van der Waals surface area contributed by atoms with Crippen LogP contribution in [-0.2, 0) is 5.92 Å². The van der Waals surface area contributed by atoms with Crippen molar-refractivity contribution in [3.63, 3.8) is 0 Å². The number of hydrogen-bond acceptors (Lipinski definition) is 1. The number of benzene rings is 2. The monoisotopic (exact) mass is 301 g/mol. The molecule has 2 aromatic rings. The Bertz CT molecular complexity index is 559. The molecule has 19 heavy (non-hydrogen) atoms. The van der Waals surface area contributed by atoms with E-state index in [0.29, 0.717) is 15.7 Å². The first kappa shape index (κ1) is 14.1. The first-order chi connectivity index (χ1) is 8.99. The highest BCUT2D eigenvalue weighted by atomic mass is 35.5. The van der Waals surface area contributed by atoms with Crippen molar-refractivity contribution in [3.8, 4) is 0 Å². The van der Waals surface area contributed by atoms with Crippen LogP contribution in [0.5, 0.6) is 0 Å². The van der Waals surface area contributed by atoms with Crippen molar-refractivity contribution in [2.24, 2.45) is 0 Å². The zero-order valence-electron chi connectivity index (χ0n) is 9.84. The highest BCUT2D eigenvalue weighted by Gasteiger charge is 2.30. The van der Waals surface area contributed by atoms with E-state index in [2.05, 4.69) is 5.32 Å². The van der Waals surface area contributed by atoms with Crippen LogP contribution in [0.3, 0.4) is 0 Å². The quantitative estimate of drug-likeness (QED) is 0.818. The Hall–Kier alpha value is -1.32. The minimum Gasteiger partial charge on any atom is -0.379 e. The Morgan fingerprint density at radius 2 is 1.63 bits per heavy atom. The van der Waals surface area contributed by atoms with Gasteiger partial charge in [0, 0.05) is 11.3 Å². The fourth-order valence-electron chi connectivity index (χ4n) is 1.60. The molecule has 0 heterocycles. The van der Waals surface area contributed by atoms with E-state index >= 15 is 0 Å². The minimum absolute atomic E-state index is 0.0254. The molecule has 2 rings (SSSR count). The van der Waals surface area contributed by atoms with Crippen LogP contribution in [0.15, 0.2) is 48.5 Å². The zero-order valence-corrected chi connectivity index (χ0v) is 11.3. The summed E-state index contributed by atoms with van der Waals surface area (Å²) in [4.78, 5) is 0. The van der Waals surface area contributed by atoms with Gasteiger partial charge in [0.15, 0.2) is 0 Å². The standard InChI is InChI=1S/C14H11Cl2F2N/c15-12-7-6-11(8-13(12)16)19-9-14(17,18)10-4-2-1-3-5-10/h1-8,19H,9H2. The predicted octanol–water partition coefficient (Wildman–Crippen LogP) is 5.20. The molecule has 1 nitrogen and oxygen atoms in total. The van der Waals surface area contributed by atoms with Crippen LogP contribution in [0.4, 0.5) is 14.5 Å². The Labute approximate surface area is 120 Å². The van der Waals surface area contributed by atoms with Gasteiger partial charge in [-0.15, -0.1) is 0 Å². The van der Waals surface area contributed by atoms with Gasteiger partial charge in [-0.05, 0) is 18.2 Å². The third-order valence-corrected chi connectivity index (χ3v) is 3.37. The molecule has 0 spiro atoms. The second kappa shape index (κ2) is 5.76. The summed E-state index contributed by atoms with van der Waals surface area (Å²) in [6.45, 7) is -0.505. The SMILES string of the molecule is FC(F)(CNc1ccc(Cl)c(Cl)c1)c1ccccc1. The van der Waals surface area contributed by atoms with Crippen molar-refractivity contribution in [2.45, 2.75) is 5.92 Å². The maximum Gasteiger partial charge on any atom is 0.290 e. The van der Waals surface area contributed by atoms with Gasteiger partial charge in [-0.2, -0.15) is 8.78 Å². The van der Waals surface area contributed by atoms with E-state index in [1.165, 1.54) is 18.2 Å². The molecule has 5 heteroatoms. The summed E-state index contributed by atoms with van der Waals surface area (Å²) in [5, 5.41) is 3.38. The summed E-state index contributed by atoms with van der Waals surface area (Å²) in [6, 6.07) is 12.4. The van der Waals surface area contributed by atoms with Gasteiger partial charge in [0.2, 0.25) is 0 Å². The van der Waals surface area contributed by atoms with Crippen LogP contribution >= 0.6 is 23.2 Å². The van der Waals surface area contributed by atoms with E-state index in [9.17, 15) is 8.78 Å². The first-order valence-corrected chi connectivity index (χ1v) is 6.37. The lowest BCUT2D eigenvalue weighted by Crippen LogP contribution is -2.24. The predicted molar refractivity (Wildman–Crippen MR) is 75.3 cm³/mol. The molecule has 0 saturated heterocycles. The lowest BCUT2D eigenvalue weighted by Gasteiger charge is -2.18. The van der Waals surface area contributed by atoms with Crippen molar-refractivity contribution >= 4 is 28.9 Å². The molecule has 0 aliphatic carbocycles. The molecule has 0 saturated carbocycles. The summed E-state index contributed by atoms with van der Waals surface area (Å²) < 4.78 is 27.8. The van der Waals surface area contributed by atoms with Crippen molar-refractivity contribution in [1.82, 2.24) is 0 Å². The van der Waals surface area contributed by atoms with E-state index in [4.69, 9.17) is 23.2 Å². The van der Waals surface area contributed by atoms with Crippen LogP contribution in [0.25, 0.3) is 0 Å². The number of alkyl halides is 2. The lowest BCUT2D eigenvalue weighted by atomic mass is 10.1. The van der Waals surface area contributed by atoms with Gasteiger partial charge in [-0.3, -0.25) is 0 Å². The van der Waals surface area contributed by atoms with Crippen molar-refractivity contribution < 1.29 is 8.78 Å². The highest BCUT2D eigenvalue weighted by molar-refractivity contribution is 6.42. The smallest absolute Gasteiger partial charge is 0.290 e. The molecular weight excluding hydrogens is 291 g/mol. The molecule has 0 aromatic heterocycles. The van der Waals surface area contributed by atoms with Gasteiger partial charge >= 0.3 is 0 Å². The lowest BCUT2D eigenvalue weighted by molar-refractivity contribution is 0.0106. The summed E-state index contributed by atoms with van der Waals surface area (Å²) in [5.41, 5.74) is 0.479. The van der Waals surface area contributed by atoms with Crippen LogP contribution < -0.4 is 5.32 Å². The summed E-state index contributed by atoms with van der Waals surface area (Å²) >= 11 is 11.6. The van der Waals surface area contributed by atoms with Crippen LogP contribution in [0.1, 0.15) is 5.56 Å². The number of anilines is 1. The molecule has 0 unspecified atom stereocenters. The topological polar surface area (TPSA) is 12.0 Å². The second-order valence-corrected chi connectivity index (χ2v) is 4.87. The first-order valence-electron chi connectivity index (χ1n) is 5.61. The van der Waals surface area contributed by atoms with Gasteiger partial charge in [0.05, 0.1) is 16.6 Å². The van der Waals surface area contributed by atoms with Gasteiger partial charge in [0.25, 0.3) is 5.92 Å².